The first kappa shape index (κ1) is 13.9. The molecule has 0 spiro atoms. The Morgan fingerprint density at radius 1 is 1.50 bits per heavy atom. The van der Waals surface area contributed by atoms with Crippen LogP contribution >= 0.6 is 11.8 Å². The van der Waals surface area contributed by atoms with Crippen LogP contribution in [0.15, 0.2) is 4.52 Å². The highest BCUT2D eigenvalue weighted by atomic mass is 32.2. The molecule has 1 aromatic rings. The van der Waals surface area contributed by atoms with E-state index in [-0.39, 0.29) is 5.41 Å². The second kappa shape index (κ2) is 6.06. The Hall–Kier alpha value is -0.550. The van der Waals surface area contributed by atoms with Gasteiger partial charge >= 0.3 is 0 Å². The molecule has 5 heteroatoms. The summed E-state index contributed by atoms with van der Waals surface area (Å²) in [6, 6.07) is 0. The molecule has 0 aliphatic carbocycles. The van der Waals surface area contributed by atoms with Crippen molar-refractivity contribution in [2.24, 2.45) is 5.92 Å². The molecule has 0 radical (unpaired) electrons. The number of aromatic nitrogens is 2. The predicted molar refractivity (Wildman–Crippen MR) is 74.8 cm³/mol. The molecule has 1 fully saturated rings. The van der Waals surface area contributed by atoms with Crippen LogP contribution in [0.1, 0.15) is 45.3 Å². The Labute approximate surface area is 113 Å². The van der Waals surface area contributed by atoms with E-state index in [1.807, 2.05) is 11.8 Å². The van der Waals surface area contributed by atoms with E-state index in [9.17, 15) is 0 Å². The normalized spacial score (nSPS) is 24.0. The lowest BCUT2D eigenvalue weighted by Crippen LogP contribution is -2.28. The first-order valence-corrected chi connectivity index (χ1v) is 7.93. The summed E-state index contributed by atoms with van der Waals surface area (Å²) in [5, 5.41) is 7.51. The zero-order chi connectivity index (χ0) is 13.0. The van der Waals surface area contributed by atoms with E-state index in [1.54, 1.807) is 0 Å². The SMILES string of the molecule is CCC1(c2nc(CSCC(C)C)no2)CCNC1. The molecule has 1 unspecified atom stereocenters. The van der Waals surface area contributed by atoms with Gasteiger partial charge in [0.15, 0.2) is 5.82 Å². The highest BCUT2D eigenvalue weighted by Gasteiger charge is 2.39. The molecule has 0 bridgehead atoms. The largest absolute Gasteiger partial charge is 0.339 e. The van der Waals surface area contributed by atoms with Crippen LogP contribution in [0.2, 0.25) is 0 Å². The van der Waals surface area contributed by atoms with E-state index in [2.05, 4.69) is 36.2 Å². The Kier molecular flexibility index (Phi) is 4.67. The van der Waals surface area contributed by atoms with Crippen molar-refractivity contribution in [3.63, 3.8) is 0 Å². The molecule has 4 nitrogen and oxygen atoms in total. The average molecular weight is 269 g/mol. The summed E-state index contributed by atoms with van der Waals surface area (Å²) in [7, 11) is 0. The molecule has 2 rings (SSSR count). The maximum absolute atomic E-state index is 5.49. The summed E-state index contributed by atoms with van der Waals surface area (Å²) in [6.07, 6.45) is 2.16. The smallest absolute Gasteiger partial charge is 0.234 e. The zero-order valence-electron chi connectivity index (χ0n) is 11.5. The van der Waals surface area contributed by atoms with Gasteiger partial charge in [0.2, 0.25) is 5.89 Å². The molecule has 1 atom stereocenters. The zero-order valence-corrected chi connectivity index (χ0v) is 12.3. The maximum Gasteiger partial charge on any atom is 0.234 e. The van der Waals surface area contributed by atoms with E-state index in [0.29, 0.717) is 5.92 Å². The third-order valence-electron chi connectivity index (χ3n) is 3.52. The average Bonchev–Trinajstić information content (AvgIpc) is 2.97. The Morgan fingerprint density at radius 2 is 2.33 bits per heavy atom. The highest BCUT2D eigenvalue weighted by molar-refractivity contribution is 7.98. The van der Waals surface area contributed by atoms with Crippen LogP contribution in [0.25, 0.3) is 0 Å². The van der Waals surface area contributed by atoms with Crippen molar-refractivity contribution in [3.8, 4) is 0 Å². The lowest BCUT2D eigenvalue weighted by molar-refractivity contribution is 0.284. The number of nitrogens with zero attached hydrogens (tertiary/aromatic N) is 2. The Bertz CT molecular complexity index is 372. The summed E-state index contributed by atoms with van der Waals surface area (Å²) in [4.78, 5) is 4.59. The number of rotatable bonds is 6. The van der Waals surface area contributed by atoms with Crippen molar-refractivity contribution >= 4 is 11.8 Å². The van der Waals surface area contributed by atoms with Gasteiger partial charge in [-0.15, -0.1) is 0 Å². The van der Waals surface area contributed by atoms with E-state index in [1.165, 1.54) is 0 Å². The molecule has 1 aromatic heterocycles. The first-order valence-electron chi connectivity index (χ1n) is 6.78. The van der Waals surface area contributed by atoms with E-state index < -0.39 is 0 Å². The van der Waals surface area contributed by atoms with Crippen LogP contribution in [0.3, 0.4) is 0 Å². The molecule has 1 N–H and O–H groups in total. The second-order valence-electron chi connectivity index (χ2n) is 5.49. The third-order valence-corrected chi connectivity index (χ3v) is 4.89. The molecule has 0 aromatic carbocycles. The summed E-state index contributed by atoms with van der Waals surface area (Å²) in [5.41, 5.74) is 0.0773. The minimum Gasteiger partial charge on any atom is -0.339 e. The standard InChI is InChI=1S/C13H23N3OS/c1-4-13(5-6-14-9-13)12-15-11(16-17-12)8-18-7-10(2)3/h10,14H,4-9H2,1-3H3. The molecule has 1 aliphatic heterocycles. The Morgan fingerprint density at radius 3 is 2.94 bits per heavy atom. The Balaban J connectivity index is 1.96. The molecule has 2 heterocycles. The molecule has 0 saturated carbocycles. The van der Waals surface area contributed by atoms with Crippen molar-refractivity contribution in [2.75, 3.05) is 18.8 Å². The quantitative estimate of drug-likeness (QED) is 0.860. The van der Waals surface area contributed by atoms with Gasteiger partial charge < -0.3 is 9.84 Å². The molecule has 1 saturated heterocycles. The summed E-state index contributed by atoms with van der Waals surface area (Å²) in [5.74, 6) is 4.38. The van der Waals surface area contributed by atoms with Gasteiger partial charge in [0.05, 0.1) is 11.2 Å². The fraction of sp³-hybridized carbons (Fsp3) is 0.846. The van der Waals surface area contributed by atoms with Crippen LogP contribution in [-0.2, 0) is 11.2 Å². The number of hydrogen-bond acceptors (Lipinski definition) is 5. The number of hydrogen-bond donors (Lipinski definition) is 1. The maximum atomic E-state index is 5.49. The van der Waals surface area contributed by atoms with Crippen molar-refractivity contribution in [1.29, 1.82) is 0 Å². The fourth-order valence-electron chi connectivity index (χ4n) is 2.29. The van der Waals surface area contributed by atoms with Gasteiger partial charge in [0.25, 0.3) is 0 Å². The second-order valence-corrected chi connectivity index (χ2v) is 6.52. The van der Waals surface area contributed by atoms with Crippen LogP contribution in [0.4, 0.5) is 0 Å². The fourth-order valence-corrected chi connectivity index (χ4v) is 3.18. The summed E-state index contributed by atoms with van der Waals surface area (Å²) in [6.45, 7) is 8.66. The van der Waals surface area contributed by atoms with Crippen LogP contribution in [-0.4, -0.2) is 29.0 Å². The van der Waals surface area contributed by atoms with E-state index in [4.69, 9.17) is 4.52 Å². The minimum absolute atomic E-state index is 0.0773. The van der Waals surface area contributed by atoms with E-state index >= 15 is 0 Å². The molecular weight excluding hydrogens is 246 g/mol. The van der Waals surface area contributed by atoms with Gasteiger partial charge in [0.1, 0.15) is 0 Å². The van der Waals surface area contributed by atoms with Crippen molar-refractivity contribution in [2.45, 2.75) is 44.8 Å². The lowest BCUT2D eigenvalue weighted by Gasteiger charge is -2.20. The van der Waals surface area contributed by atoms with Gasteiger partial charge in [-0.2, -0.15) is 16.7 Å². The third kappa shape index (κ3) is 3.06. The van der Waals surface area contributed by atoms with Gasteiger partial charge in [-0.25, -0.2) is 0 Å². The summed E-state index contributed by atoms with van der Waals surface area (Å²) >= 11 is 1.88. The van der Waals surface area contributed by atoms with Gasteiger partial charge in [-0.1, -0.05) is 25.9 Å². The molecular formula is C13H23N3OS. The highest BCUT2D eigenvalue weighted by Crippen LogP contribution is 2.33. The molecule has 0 amide bonds. The van der Waals surface area contributed by atoms with Crippen LogP contribution in [0.5, 0.6) is 0 Å². The number of nitrogens with one attached hydrogen (secondary N) is 1. The monoisotopic (exact) mass is 269 g/mol. The number of thioether (sulfide) groups is 1. The van der Waals surface area contributed by atoms with Crippen LogP contribution < -0.4 is 5.32 Å². The van der Waals surface area contributed by atoms with E-state index in [0.717, 1.165) is 49.2 Å². The summed E-state index contributed by atoms with van der Waals surface area (Å²) < 4.78 is 5.49. The van der Waals surface area contributed by atoms with Crippen molar-refractivity contribution in [1.82, 2.24) is 15.5 Å². The van der Waals surface area contributed by atoms with Crippen molar-refractivity contribution in [3.05, 3.63) is 11.7 Å². The lowest BCUT2D eigenvalue weighted by atomic mass is 9.84. The minimum atomic E-state index is 0.0773. The van der Waals surface area contributed by atoms with Gasteiger partial charge in [-0.05, 0) is 31.1 Å². The molecule has 1 aliphatic rings. The van der Waals surface area contributed by atoms with Gasteiger partial charge in [-0.3, -0.25) is 0 Å². The molecule has 18 heavy (non-hydrogen) atoms. The van der Waals surface area contributed by atoms with Crippen molar-refractivity contribution < 1.29 is 4.52 Å². The predicted octanol–water partition coefficient (Wildman–Crippen LogP) is 2.60. The van der Waals surface area contributed by atoms with Gasteiger partial charge in [0, 0.05) is 6.54 Å². The first-order chi connectivity index (χ1) is 8.66. The molecule has 102 valence electrons. The topological polar surface area (TPSA) is 51.0 Å². The van der Waals surface area contributed by atoms with Crippen LogP contribution in [0, 0.1) is 5.92 Å².